The zero-order valence-corrected chi connectivity index (χ0v) is 15.3. The highest BCUT2D eigenvalue weighted by Crippen LogP contribution is 2.25. The molecule has 2 aliphatic rings. The summed E-state index contributed by atoms with van der Waals surface area (Å²) < 4.78 is 5.67. The molecule has 4 rings (SSSR count). The fraction of sp³-hybridized carbons (Fsp3) is 0.400. The van der Waals surface area contributed by atoms with Crippen LogP contribution in [0.25, 0.3) is 0 Å². The molecule has 0 spiro atoms. The van der Waals surface area contributed by atoms with Gasteiger partial charge >= 0.3 is 0 Å². The molecule has 2 aromatic rings. The van der Waals surface area contributed by atoms with Gasteiger partial charge in [-0.3, -0.25) is 9.59 Å². The van der Waals surface area contributed by atoms with E-state index in [1.54, 1.807) is 4.90 Å². The smallest absolute Gasteiger partial charge is 0.243 e. The van der Waals surface area contributed by atoms with Gasteiger partial charge in [0.1, 0.15) is 23.6 Å². The Morgan fingerprint density at radius 1 is 1.19 bits per heavy atom. The predicted octanol–water partition coefficient (Wildman–Crippen LogP) is 1.07. The minimum atomic E-state index is -0.486. The van der Waals surface area contributed by atoms with Crippen LogP contribution in [0.4, 0.5) is 0 Å². The van der Waals surface area contributed by atoms with Gasteiger partial charge in [-0.15, -0.1) is 0 Å². The van der Waals surface area contributed by atoms with E-state index in [0.29, 0.717) is 25.9 Å². The van der Waals surface area contributed by atoms with Gasteiger partial charge in [0.25, 0.3) is 0 Å². The highest BCUT2D eigenvalue weighted by molar-refractivity contribution is 5.91. The van der Waals surface area contributed by atoms with Crippen LogP contribution in [-0.2, 0) is 16.0 Å². The van der Waals surface area contributed by atoms with E-state index in [9.17, 15) is 9.59 Å². The average Bonchev–Trinajstić information content (AvgIpc) is 3.33. The molecular weight excluding hydrogens is 344 g/mol. The fourth-order valence-corrected chi connectivity index (χ4v) is 3.76. The molecule has 3 heterocycles. The van der Waals surface area contributed by atoms with Gasteiger partial charge in [-0.1, -0.05) is 30.3 Å². The van der Waals surface area contributed by atoms with Crippen molar-refractivity contribution in [2.75, 3.05) is 13.1 Å². The van der Waals surface area contributed by atoms with Crippen molar-refractivity contribution in [2.45, 2.75) is 37.9 Å². The maximum atomic E-state index is 13.1. The third kappa shape index (κ3) is 3.74. The Bertz CT molecular complexity index is 820. The third-order valence-electron chi connectivity index (χ3n) is 5.19. The molecule has 3 unspecified atom stereocenters. The molecule has 1 aromatic carbocycles. The van der Waals surface area contributed by atoms with E-state index in [4.69, 9.17) is 4.42 Å². The van der Waals surface area contributed by atoms with E-state index in [0.717, 1.165) is 17.1 Å². The van der Waals surface area contributed by atoms with Gasteiger partial charge in [0, 0.05) is 19.5 Å². The molecule has 3 atom stereocenters. The van der Waals surface area contributed by atoms with Crippen molar-refractivity contribution in [1.82, 2.24) is 21.1 Å². The number of amides is 2. The summed E-state index contributed by atoms with van der Waals surface area (Å²) in [4.78, 5) is 27.3. The Morgan fingerprint density at radius 3 is 2.74 bits per heavy atom. The van der Waals surface area contributed by atoms with Crippen molar-refractivity contribution >= 4 is 11.8 Å². The summed E-state index contributed by atoms with van der Waals surface area (Å²) >= 11 is 0. The van der Waals surface area contributed by atoms with Crippen molar-refractivity contribution in [2.24, 2.45) is 0 Å². The predicted molar refractivity (Wildman–Crippen MR) is 99.5 cm³/mol. The van der Waals surface area contributed by atoms with Gasteiger partial charge in [0.05, 0.1) is 6.04 Å². The highest BCUT2D eigenvalue weighted by Gasteiger charge is 2.39. The van der Waals surface area contributed by atoms with Crippen LogP contribution in [0.1, 0.15) is 29.5 Å². The Morgan fingerprint density at radius 2 is 2.00 bits per heavy atom. The lowest BCUT2D eigenvalue weighted by Gasteiger charge is -2.36. The molecule has 0 radical (unpaired) electrons. The van der Waals surface area contributed by atoms with Gasteiger partial charge < -0.3 is 14.6 Å². The highest BCUT2D eigenvalue weighted by atomic mass is 16.3. The number of hydrazine groups is 1. The Hall–Kier alpha value is -2.64. The van der Waals surface area contributed by atoms with E-state index in [2.05, 4.69) is 16.2 Å². The van der Waals surface area contributed by atoms with Crippen LogP contribution in [0.15, 0.2) is 46.9 Å². The topological polar surface area (TPSA) is 86.6 Å². The number of aryl methyl sites for hydroxylation is 1. The zero-order valence-electron chi connectivity index (χ0n) is 15.3. The number of rotatable bonds is 4. The van der Waals surface area contributed by atoms with E-state index >= 15 is 0 Å². The van der Waals surface area contributed by atoms with Gasteiger partial charge in [-0.05, 0) is 31.0 Å². The van der Waals surface area contributed by atoms with Crippen LogP contribution >= 0.6 is 0 Å². The van der Waals surface area contributed by atoms with Gasteiger partial charge in [-0.2, -0.15) is 0 Å². The van der Waals surface area contributed by atoms with Crippen LogP contribution in [-0.4, -0.2) is 41.9 Å². The lowest BCUT2D eigenvalue weighted by Crippen LogP contribution is -2.61. The molecule has 2 saturated heterocycles. The van der Waals surface area contributed by atoms with Crippen molar-refractivity contribution in [1.29, 1.82) is 0 Å². The first kappa shape index (κ1) is 17.8. The van der Waals surface area contributed by atoms with Crippen molar-refractivity contribution in [3.63, 3.8) is 0 Å². The summed E-state index contributed by atoms with van der Waals surface area (Å²) in [5.41, 5.74) is 7.26. The van der Waals surface area contributed by atoms with Crippen LogP contribution in [0.5, 0.6) is 0 Å². The number of carbonyl (C=O) groups is 2. The Labute approximate surface area is 158 Å². The standard InChI is InChI=1S/C20H24N4O3/c1-13-7-8-18(27-13)15-12-16(23-22-15)20(26)24-10-9-21-19(25)17(24)11-14-5-3-2-4-6-14/h2-8,15-17,22-23H,9-12H2,1H3,(H,21,25). The van der Waals surface area contributed by atoms with E-state index in [1.807, 2.05) is 49.4 Å². The fourth-order valence-electron chi connectivity index (χ4n) is 3.76. The average molecular weight is 368 g/mol. The Balaban J connectivity index is 1.46. The molecule has 0 saturated carbocycles. The number of nitrogens with one attached hydrogen (secondary N) is 3. The number of hydrogen-bond donors (Lipinski definition) is 3. The molecule has 1 aromatic heterocycles. The molecule has 3 N–H and O–H groups in total. The largest absolute Gasteiger partial charge is 0.465 e. The molecule has 0 aliphatic carbocycles. The molecule has 27 heavy (non-hydrogen) atoms. The molecular formula is C20H24N4O3. The summed E-state index contributed by atoms with van der Waals surface area (Å²) in [5.74, 6) is 1.51. The molecule has 142 valence electrons. The number of carbonyl (C=O) groups excluding carboxylic acids is 2. The molecule has 0 bridgehead atoms. The molecule has 2 aliphatic heterocycles. The summed E-state index contributed by atoms with van der Waals surface area (Å²) in [6.07, 6.45) is 1.10. The van der Waals surface area contributed by atoms with Crippen LogP contribution < -0.4 is 16.2 Å². The van der Waals surface area contributed by atoms with Crippen LogP contribution in [0, 0.1) is 6.92 Å². The Kier molecular flexibility index (Phi) is 4.96. The quantitative estimate of drug-likeness (QED) is 0.751. The summed E-state index contributed by atoms with van der Waals surface area (Å²) in [7, 11) is 0. The SMILES string of the molecule is Cc1ccc(C2CC(C(=O)N3CCNC(=O)C3Cc3ccccc3)NN2)o1. The van der Waals surface area contributed by atoms with Crippen molar-refractivity contribution < 1.29 is 14.0 Å². The zero-order chi connectivity index (χ0) is 18.8. The minimum absolute atomic E-state index is 0.0518. The third-order valence-corrected chi connectivity index (χ3v) is 5.19. The van der Waals surface area contributed by atoms with Crippen LogP contribution in [0.2, 0.25) is 0 Å². The lowest BCUT2D eigenvalue weighted by molar-refractivity contribution is -0.144. The second-order valence-corrected chi connectivity index (χ2v) is 7.11. The summed E-state index contributed by atoms with van der Waals surface area (Å²) in [5, 5.41) is 2.88. The first-order valence-corrected chi connectivity index (χ1v) is 9.31. The number of benzene rings is 1. The molecule has 2 amide bonds. The second kappa shape index (κ2) is 7.54. The van der Waals surface area contributed by atoms with E-state index in [1.165, 1.54) is 0 Å². The van der Waals surface area contributed by atoms with E-state index < -0.39 is 6.04 Å². The summed E-state index contributed by atoms with van der Waals surface area (Å²) in [6, 6.07) is 12.7. The van der Waals surface area contributed by atoms with E-state index in [-0.39, 0.29) is 23.9 Å². The van der Waals surface area contributed by atoms with Gasteiger partial charge in [0.15, 0.2) is 0 Å². The maximum absolute atomic E-state index is 13.1. The number of piperazine rings is 1. The minimum Gasteiger partial charge on any atom is -0.465 e. The molecule has 7 heteroatoms. The first-order chi connectivity index (χ1) is 13.1. The van der Waals surface area contributed by atoms with Gasteiger partial charge in [0.2, 0.25) is 11.8 Å². The number of furan rings is 1. The second-order valence-electron chi connectivity index (χ2n) is 7.11. The summed E-state index contributed by atoms with van der Waals surface area (Å²) in [6.45, 7) is 2.90. The monoisotopic (exact) mass is 368 g/mol. The number of nitrogens with zero attached hydrogens (tertiary/aromatic N) is 1. The van der Waals surface area contributed by atoms with Gasteiger partial charge in [-0.25, -0.2) is 10.9 Å². The molecule has 2 fully saturated rings. The molecule has 7 nitrogen and oxygen atoms in total. The first-order valence-electron chi connectivity index (χ1n) is 9.31. The lowest BCUT2D eigenvalue weighted by atomic mass is 10.00. The van der Waals surface area contributed by atoms with Crippen molar-refractivity contribution in [3.8, 4) is 0 Å². The number of hydrogen-bond acceptors (Lipinski definition) is 5. The van der Waals surface area contributed by atoms with Crippen LogP contribution in [0.3, 0.4) is 0 Å². The maximum Gasteiger partial charge on any atom is 0.243 e. The normalized spacial score (nSPS) is 25.4. The van der Waals surface area contributed by atoms with Crippen molar-refractivity contribution in [3.05, 3.63) is 59.5 Å².